The van der Waals surface area contributed by atoms with Crippen molar-refractivity contribution >= 4 is 17.8 Å². The number of nitrogens with one attached hydrogen (secondary N) is 1. The summed E-state index contributed by atoms with van der Waals surface area (Å²) in [6, 6.07) is 14.6. The second kappa shape index (κ2) is 6.24. The summed E-state index contributed by atoms with van der Waals surface area (Å²) in [5, 5.41) is 14.3. The van der Waals surface area contributed by atoms with Crippen molar-refractivity contribution in [3.05, 3.63) is 75.8 Å². The maximum atomic E-state index is 11.7. The minimum absolute atomic E-state index is 0.0608. The molecule has 2 rings (SSSR count). The quantitative estimate of drug-likeness (QED) is 0.525. The van der Waals surface area contributed by atoms with Crippen molar-refractivity contribution in [3.63, 3.8) is 0 Å². The lowest BCUT2D eigenvalue weighted by atomic mass is 10.2. The third-order valence-corrected chi connectivity index (χ3v) is 2.52. The molecule has 0 spiro atoms. The molecule has 0 aliphatic carbocycles. The number of carbonyl (C=O) groups is 1. The Hall–Kier alpha value is -3.02. The van der Waals surface area contributed by atoms with Crippen LogP contribution in [-0.2, 0) is 0 Å². The Morgan fingerprint density at radius 1 is 1.10 bits per heavy atom. The van der Waals surface area contributed by atoms with Crippen LogP contribution in [0.15, 0.2) is 59.7 Å². The van der Waals surface area contributed by atoms with Crippen LogP contribution in [0.4, 0.5) is 5.69 Å². The summed E-state index contributed by atoms with van der Waals surface area (Å²) in [7, 11) is 0. The number of hydrogen-bond donors (Lipinski definition) is 1. The fraction of sp³-hybridized carbons (Fsp3) is 0. The highest BCUT2D eigenvalue weighted by atomic mass is 16.6. The number of nitro groups is 1. The SMILES string of the molecule is O=C(N/N=C\c1ccccc1)c1ccc([N+](=O)[O-])cc1. The van der Waals surface area contributed by atoms with E-state index in [1.165, 1.54) is 30.5 Å². The van der Waals surface area contributed by atoms with Gasteiger partial charge in [0.25, 0.3) is 11.6 Å². The Bertz CT molecular complexity index is 636. The smallest absolute Gasteiger partial charge is 0.267 e. The van der Waals surface area contributed by atoms with E-state index in [1.54, 1.807) is 0 Å². The lowest BCUT2D eigenvalue weighted by molar-refractivity contribution is -0.384. The van der Waals surface area contributed by atoms with E-state index in [9.17, 15) is 14.9 Å². The van der Waals surface area contributed by atoms with Gasteiger partial charge in [-0.05, 0) is 17.7 Å². The monoisotopic (exact) mass is 269 g/mol. The minimum atomic E-state index is -0.519. The van der Waals surface area contributed by atoms with Crippen molar-refractivity contribution < 1.29 is 9.72 Å². The number of hydrogen-bond acceptors (Lipinski definition) is 4. The average Bonchev–Trinajstić information content (AvgIpc) is 2.48. The number of nitrogens with zero attached hydrogens (tertiary/aromatic N) is 2. The molecule has 0 aromatic heterocycles. The largest absolute Gasteiger partial charge is 0.271 e. The minimum Gasteiger partial charge on any atom is -0.267 e. The zero-order valence-corrected chi connectivity index (χ0v) is 10.4. The van der Waals surface area contributed by atoms with E-state index in [1.807, 2.05) is 30.3 Å². The molecule has 6 nitrogen and oxygen atoms in total. The summed E-state index contributed by atoms with van der Waals surface area (Å²) >= 11 is 0. The highest BCUT2D eigenvalue weighted by molar-refractivity contribution is 5.95. The van der Waals surface area contributed by atoms with Crippen LogP contribution in [0.3, 0.4) is 0 Å². The Morgan fingerprint density at radius 3 is 2.35 bits per heavy atom. The van der Waals surface area contributed by atoms with E-state index < -0.39 is 10.8 Å². The third-order valence-electron chi connectivity index (χ3n) is 2.52. The summed E-state index contributed by atoms with van der Waals surface area (Å²) in [6.07, 6.45) is 1.52. The Kier molecular flexibility index (Phi) is 4.18. The Morgan fingerprint density at radius 2 is 1.75 bits per heavy atom. The number of non-ortho nitro benzene ring substituents is 1. The molecule has 0 atom stereocenters. The van der Waals surface area contributed by atoms with E-state index in [4.69, 9.17) is 0 Å². The van der Waals surface area contributed by atoms with Gasteiger partial charge in [0, 0.05) is 17.7 Å². The standard InChI is InChI=1S/C14H11N3O3/c18-14(12-6-8-13(9-7-12)17(19)20)16-15-10-11-4-2-1-3-5-11/h1-10H,(H,16,18)/b15-10-. The first-order chi connectivity index (χ1) is 9.66. The molecule has 0 radical (unpaired) electrons. The van der Waals surface area contributed by atoms with Crippen molar-refractivity contribution in [2.45, 2.75) is 0 Å². The molecule has 1 N–H and O–H groups in total. The zero-order chi connectivity index (χ0) is 14.4. The Labute approximate surface area is 114 Å². The van der Waals surface area contributed by atoms with Gasteiger partial charge in [0.05, 0.1) is 11.1 Å². The summed E-state index contributed by atoms with van der Waals surface area (Å²) in [4.78, 5) is 21.7. The fourth-order valence-electron chi connectivity index (χ4n) is 1.50. The van der Waals surface area contributed by atoms with E-state index in [0.29, 0.717) is 5.56 Å². The van der Waals surface area contributed by atoms with Crippen LogP contribution < -0.4 is 5.43 Å². The number of rotatable bonds is 4. The van der Waals surface area contributed by atoms with Crippen LogP contribution in [0.5, 0.6) is 0 Å². The Balaban J connectivity index is 1.98. The van der Waals surface area contributed by atoms with Crippen molar-refractivity contribution in [2.75, 3.05) is 0 Å². The number of amides is 1. The number of benzene rings is 2. The zero-order valence-electron chi connectivity index (χ0n) is 10.4. The maximum Gasteiger partial charge on any atom is 0.271 e. The molecule has 1 amide bonds. The lowest BCUT2D eigenvalue weighted by Crippen LogP contribution is -2.17. The van der Waals surface area contributed by atoms with E-state index in [2.05, 4.69) is 10.5 Å². The molecule has 100 valence electrons. The van der Waals surface area contributed by atoms with Crippen LogP contribution in [0.1, 0.15) is 15.9 Å². The van der Waals surface area contributed by atoms with E-state index >= 15 is 0 Å². The first-order valence-corrected chi connectivity index (χ1v) is 5.80. The van der Waals surface area contributed by atoms with Gasteiger partial charge in [0.2, 0.25) is 0 Å². The average molecular weight is 269 g/mol. The van der Waals surface area contributed by atoms with Gasteiger partial charge in [-0.3, -0.25) is 14.9 Å². The first kappa shape index (κ1) is 13.4. The number of hydrazone groups is 1. The molecule has 0 bridgehead atoms. The van der Waals surface area contributed by atoms with Gasteiger partial charge in [-0.15, -0.1) is 0 Å². The van der Waals surface area contributed by atoms with E-state index in [-0.39, 0.29) is 5.69 Å². The molecule has 2 aromatic rings. The second-order valence-electron chi connectivity index (χ2n) is 3.91. The second-order valence-corrected chi connectivity index (χ2v) is 3.91. The summed E-state index contributed by atoms with van der Waals surface area (Å²) in [5.41, 5.74) is 3.46. The van der Waals surface area contributed by atoms with Crippen molar-refractivity contribution in [2.24, 2.45) is 5.10 Å². The topological polar surface area (TPSA) is 84.6 Å². The maximum absolute atomic E-state index is 11.7. The highest BCUT2D eigenvalue weighted by Crippen LogP contribution is 2.11. The van der Waals surface area contributed by atoms with Crippen molar-refractivity contribution in [1.29, 1.82) is 0 Å². The molecule has 0 saturated heterocycles. The molecule has 2 aromatic carbocycles. The summed E-state index contributed by atoms with van der Waals surface area (Å²) < 4.78 is 0. The predicted molar refractivity (Wildman–Crippen MR) is 74.6 cm³/mol. The lowest BCUT2D eigenvalue weighted by Gasteiger charge is -1.99. The molecule has 0 unspecified atom stereocenters. The summed E-state index contributed by atoms with van der Waals surface area (Å²) in [6.45, 7) is 0. The molecule has 0 saturated carbocycles. The molecule has 6 heteroatoms. The van der Waals surface area contributed by atoms with Gasteiger partial charge in [-0.1, -0.05) is 30.3 Å². The molecule has 0 fully saturated rings. The number of carbonyl (C=O) groups excluding carboxylic acids is 1. The molecule has 0 aliphatic heterocycles. The first-order valence-electron chi connectivity index (χ1n) is 5.80. The molecular weight excluding hydrogens is 258 g/mol. The van der Waals surface area contributed by atoms with Crippen LogP contribution in [0.2, 0.25) is 0 Å². The van der Waals surface area contributed by atoms with Gasteiger partial charge >= 0.3 is 0 Å². The van der Waals surface area contributed by atoms with Gasteiger partial charge in [-0.2, -0.15) is 5.10 Å². The van der Waals surface area contributed by atoms with Crippen LogP contribution in [-0.4, -0.2) is 17.0 Å². The van der Waals surface area contributed by atoms with Gasteiger partial charge in [0.1, 0.15) is 0 Å². The van der Waals surface area contributed by atoms with Gasteiger partial charge in [-0.25, -0.2) is 5.43 Å². The van der Waals surface area contributed by atoms with Gasteiger partial charge < -0.3 is 0 Å². The normalized spacial score (nSPS) is 10.4. The van der Waals surface area contributed by atoms with Crippen molar-refractivity contribution in [1.82, 2.24) is 5.43 Å². The molecule has 0 heterocycles. The highest BCUT2D eigenvalue weighted by Gasteiger charge is 2.08. The van der Waals surface area contributed by atoms with Crippen LogP contribution in [0, 0.1) is 10.1 Å². The van der Waals surface area contributed by atoms with Gasteiger partial charge in [0.15, 0.2) is 0 Å². The molecule has 0 aliphatic rings. The number of nitro benzene ring substituents is 1. The molecular formula is C14H11N3O3. The molecule has 20 heavy (non-hydrogen) atoms. The fourth-order valence-corrected chi connectivity index (χ4v) is 1.50. The van der Waals surface area contributed by atoms with Crippen molar-refractivity contribution in [3.8, 4) is 0 Å². The third kappa shape index (κ3) is 3.49. The summed E-state index contributed by atoms with van der Waals surface area (Å²) in [5.74, 6) is -0.424. The van der Waals surface area contributed by atoms with Crippen LogP contribution >= 0.6 is 0 Å². The predicted octanol–water partition coefficient (Wildman–Crippen LogP) is 2.36. The van der Waals surface area contributed by atoms with E-state index in [0.717, 1.165) is 5.56 Å². The van der Waals surface area contributed by atoms with Crippen LogP contribution in [0.25, 0.3) is 0 Å².